The highest BCUT2D eigenvalue weighted by molar-refractivity contribution is 5.30. The van der Waals surface area contributed by atoms with Gasteiger partial charge in [-0.2, -0.15) is 0 Å². The van der Waals surface area contributed by atoms with E-state index in [1.165, 1.54) is 0 Å². The Balaban J connectivity index is 2.83. The number of nitrogens with one attached hydrogen (secondary N) is 1. The Morgan fingerprint density at radius 1 is 1.24 bits per heavy atom. The van der Waals surface area contributed by atoms with Crippen LogP contribution in [-0.4, -0.2) is 25.3 Å². The Labute approximate surface area is 130 Å². The maximum Gasteiger partial charge on any atom is 0.119 e. The normalized spacial score (nSPS) is 14.8. The van der Waals surface area contributed by atoms with Gasteiger partial charge in [-0.25, -0.2) is 0 Å². The summed E-state index contributed by atoms with van der Waals surface area (Å²) < 4.78 is 11.6. The molecule has 0 aliphatic carbocycles. The number of hydrogen-bond donors (Lipinski definition) is 1. The van der Waals surface area contributed by atoms with Crippen LogP contribution in [-0.2, 0) is 4.74 Å². The number of ether oxygens (including phenoxy) is 2. The lowest BCUT2D eigenvalue weighted by molar-refractivity contribution is -0.0100. The average molecular weight is 293 g/mol. The smallest absolute Gasteiger partial charge is 0.119 e. The molecule has 0 heterocycles. The minimum atomic E-state index is 0.0425. The third-order valence-corrected chi connectivity index (χ3v) is 3.38. The maximum atomic E-state index is 6.25. The van der Waals surface area contributed by atoms with Gasteiger partial charge in [-0.1, -0.05) is 25.5 Å². The Morgan fingerprint density at radius 2 is 1.95 bits per heavy atom. The van der Waals surface area contributed by atoms with Crippen molar-refractivity contribution in [2.45, 2.75) is 65.2 Å². The summed E-state index contributed by atoms with van der Waals surface area (Å²) in [6, 6.07) is 8.16. The van der Waals surface area contributed by atoms with Gasteiger partial charge in [0.1, 0.15) is 5.75 Å². The molecule has 0 saturated carbocycles. The summed E-state index contributed by atoms with van der Waals surface area (Å²) in [5.74, 6) is 0.875. The first-order chi connectivity index (χ1) is 9.85. The van der Waals surface area contributed by atoms with Gasteiger partial charge in [-0.15, -0.1) is 0 Å². The summed E-state index contributed by atoms with van der Waals surface area (Å²) in [4.78, 5) is 0. The zero-order valence-corrected chi connectivity index (χ0v) is 14.4. The maximum absolute atomic E-state index is 6.25. The van der Waals surface area contributed by atoms with E-state index in [1.54, 1.807) is 7.11 Å². The second-order valence-electron chi connectivity index (χ2n) is 6.63. The molecule has 0 amide bonds. The lowest BCUT2D eigenvalue weighted by atomic mass is 10.1. The molecule has 0 saturated heterocycles. The molecule has 1 aromatic carbocycles. The molecule has 0 aliphatic heterocycles. The van der Waals surface area contributed by atoms with E-state index in [1.807, 2.05) is 12.1 Å². The van der Waals surface area contributed by atoms with Gasteiger partial charge in [-0.3, -0.25) is 0 Å². The zero-order valence-electron chi connectivity index (χ0n) is 14.4. The molecule has 21 heavy (non-hydrogen) atoms. The van der Waals surface area contributed by atoms with E-state index in [2.05, 4.69) is 52.1 Å². The summed E-state index contributed by atoms with van der Waals surface area (Å²) in [6.45, 7) is 11.6. The molecule has 0 bridgehead atoms. The van der Waals surface area contributed by atoms with E-state index in [0.29, 0.717) is 0 Å². The van der Waals surface area contributed by atoms with Crippen LogP contribution in [0.2, 0.25) is 0 Å². The summed E-state index contributed by atoms with van der Waals surface area (Å²) in [7, 11) is 1.70. The van der Waals surface area contributed by atoms with E-state index in [9.17, 15) is 0 Å². The molecule has 3 nitrogen and oxygen atoms in total. The fourth-order valence-corrected chi connectivity index (χ4v) is 2.24. The minimum Gasteiger partial charge on any atom is -0.497 e. The first kappa shape index (κ1) is 18.0. The van der Waals surface area contributed by atoms with Crippen LogP contribution in [0.3, 0.4) is 0 Å². The van der Waals surface area contributed by atoms with Crippen LogP contribution >= 0.6 is 0 Å². The van der Waals surface area contributed by atoms with Crippen molar-refractivity contribution in [3.8, 4) is 5.75 Å². The average Bonchev–Trinajstić information content (AvgIpc) is 2.43. The van der Waals surface area contributed by atoms with Crippen molar-refractivity contribution in [1.29, 1.82) is 0 Å². The molecule has 0 spiro atoms. The summed E-state index contributed by atoms with van der Waals surface area (Å²) >= 11 is 0. The molecule has 0 aromatic heterocycles. The van der Waals surface area contributed by atoms with Crippen molar-refractivity contribution in [2.24, 2.45) is 0 Å². The number of benzene rings is 1. The summed E-state index contributed by atoms with van der Waals surface area (Å²) in [6.07, 6.45) is 2.52. The van der Waals surface area contributed by atoms with Crippen molar-refractivity contribution >= 4 is 0 Å². The van der Waals surface area contributed by atoms with Gasteiger partial charge in [0.05, 0.1) is 19.3 Å². The quantitative estimate of drug-likeness (QED) is 0.774. The Hall–Kier alpha value is -1.06. The number of rotatable bonds is 8. The molecule has 120 valence electrons. The van der Waals surface area contributed by atoms with Crippen LogP contribution in [0.25, 0.3) is 0 Å². The van der Waals surface area contributed by atoms with Crippen LogP contribution in [0.1, 0.15) is 59.1 Å². The molecular weight excluding hydrogens is 262 g/mol. The first-order valence-corrected chi connectivity index (χ1v) is 7.90. The van der Waals surface area contributed by atoms with Crippen LogP contribution in [0.5, 0.6) is 5.75 Å². The predicted octanol–water partition coefficient (Wildman–Crippen LogP) is 4.33. The monoisotopic (exact) mass is 293 g/mol. The second kappa shape index (κ2) is 8.40. The molecule has 2 atom stereocenters. The summed E-state index contributed by atoms with van der Waals surface area (Å²) in [5.41, 5.74) is 1.24. The van der Waals surface area contributed by atoms with Gasteiger partial charge in [0, 0.05) is 12.1 Å². The van der Waals surface area contributed by atoms with Gasteiger partial charge in [-0.05, 0) is 51.8 Å². The van der Waals surface area contributed by atoms with E-state index < -0.39 is 0 Å². The third kappa shape index (κ3) is 6.96. The molecule has 2 unspecified atom stereocenters. The largest absolute Gasteiger partial charge is 0.497 e. The molecule has 1 aromatic rings. The highest BCUT2D eigenvalue weighted by Crippen LogP contribution is 2.24. The van der Waals surface area contributed by atoms with Gasteiger partial charge in [0.15, 0.2) is 0 Å². The first-order valence-electron chi connectivity index (χ1n) is 7.90. The lowest BCUT2D eigenvalue weighted by Crippen LogP contribution is -2.39. The third-order valence-electron chi connectivity index (χ3n) is 3.38. The van der Waals surface area contributed by atoms with Crippen LogP contribution in [0, 0.1) is 0 Å². The highest BCUT2D eigenvalue weighted by Gasteiger charge is 2.19. The molecule has 1 rings (SSSR count). The standard InChI is InChI=1S/C18H31NO2/c1-7-9-14(2)21-17(13-19-18(3,4)5)15-10-8-11-16(12-15)20-6/h8,10-12,14,17,19H,7,9,13H2,1-6H3. The molecule has 1 N–H and O–H groups in total. The van der Waals surface area contributed by atoms with Gasteiger partial charge in [0.25, 0.3) is 0 Å². The van der Waals surface area contributed by atoms with E-state index in [4.69, 9.17) is 9.47 Å². The Morgan fingerprint density at radius 3 is 2.52 bits per heavy atom. The zero-order chi connectivity index (χ0) is 15.9. The van der Waals surface area contributed by atoms with Gasteiger partial charge < -0.3 is 14.8 Å². The van der Waals surface area contributed by atoms with Crippen molar-refractivity contribution in [2.75, 3.05) is 13.7 Å². The van der Waals surface area contributed by atoms with Crippen molar-refractivity contribution in [3.05, 3.63) is 29.8 Å². The van der Waals surface area contributed by atoms with Gasteiger partial charge >= 0.3 is 0 Å². The fraction of sp³-hybridized carbons (Fsp3) is 0.667. The van der Waals surface area contributed by atoms with Crippen LogP contribution < -0.4 is 10.1 Å². The topological polar surface area (TPSA) is 30.5 Å². The number of hydrogen-bond acceptors (Lipinski definition) is 3. The predicted molar refractivity (Wildman–Crippen MR) is 88.9 cm³/mol. The molecule has 0 aliphatic rings. The van der Waals surface area contributed by atoms with Crippen molar-refractivity contribution in [1.82, 2.24) is 5.32 Å². The fourth-order valence-electron chi connectivity index (χ4n) is 2.24. The Bertz CT molecular complexity index is 412. The van der Waals surface area contributed by atoms with Crippen LogP contribution in [0.4, 0.5) is 0 Å². The highest BCUT2D eigenvalue weighted by atomic mass is 16.5. The minimum absolute atomic E-state index is 0.0425. The van der Waals surface area contributed by atoms with Gasteiger partial charge in [0.2, 0.25) is 0 Å². The number of methoxy groups -OCH3 is 1. The van der Waals surface area contributed by atoms with Crippen LogP contribution in [0.15, 0.2) is 24.3 Å². The molecular formula is C18H31NO2. The van der Waals surface area contributed by atoms with E-state index >= 15 is 0 Å². The second-order valence-corrected chi connectivity index (χ2v) is 6.63. The summed E-state index contributed by atoms with van der Waals surface area (Å²) in [5, 5.41) is 3.54. The van der Waals surface area contributed by atoms with E-state index in [0.717, 1.165) is 30.7 Å². The molecule has 0 fully saturated rings. The SMILES string of the molecule is CCCC(C)OC(CNC(C)(C)C)c1cccc(OC)c1. The van der Waals surface area contributed by atoms with E-state index in [-0.39, 0.29) is 17.7 Å². The molecule has 0 radical (unpaired) electrons. The van der Waals surface area contributed by atoms with Crippen molar-refractivity contribution in [3.63, 3.8) is 0 Å². The Kier molecular flexibility index (Phi) is 7.20. The molecule has 3 heteroatoms. The van der Waals surface area contributed by atoms with Crippen molar-refractivity contribution < 1.29 is 9.47 Å². The lowest BCUT2D eigenvalue weighted by Gasteiger charge is -2.28.